The molecule has 0 bridgehead atoms. The van der Waals surface area contributed by atoms with Gasteiger partial charge in [-0.3, -0.25) is 0 Å². The van der Waals surface area contributed by atoms with Crippen LogP contribution < -0.4 is 0 Å². The minimum absolute atomic E-state index is 0.786. The summed E-state index contributed by atoms with van der Waals surface area (Å²) in [6, 6.07) is 3.82. The summed E-state index contributed by atoms with van der Waals surface area (Å²) in [7, 11) is 0. The molecule has 0 fully saturated rings. The molecule has 0 N–H and O–H groups in total. The van der Waals surface area contributed by atoms with Crippen molar-refractivity contribution in [3.05, 3.63) is 28.3 Å². The Bertz CT molecular complexity index is 468. The maximum atomic E-state index is 4.31. The molecule has 0 atom stereocenters. The first-order valence-corrected chi connectivity index (χ1v) is 4.73. The summed E-state index contributed by atoms with van der Waals surface area (Å²) >= 11 is 3.32. The highest BCUT2D eigenvalue weighted by atomic mass is 79.9. The Hall–Kier alpha value is -1.03. The topological polar surface area (TPSA) is 38.7 Å². The number of hydrogen-bond acceptors (Lipinski definition) is 3. The first-order chi connectivity index (χ1) is 6.16. The third-order valence-corrected chi connectivity index (χ3v) is 2.24. The fraction of sp³-hybridized carbons (Fsp3) is 0.222. The summed E-state index contributed by atoms with van der Waals surface area (Å²) in [6.45, 7) is 3.82. The fourth-order valence-electron chi connectivity index (χ4n) is 1.28. The minimum atomic E-state index is 0.786. The second kappa shape index (κ2) is 3.03. The smallest absolute Gasteiger partial charge is 0.126 e. The molecule has 0 spiro atoms. The molecule has 0 saturated carbocycles. The van der Waals surface area contributed by atoms with Crippen molar-refractivity contribution in [2.75, 3.05) is 0 Å². The zero-order chi connectivity index (χ0) is 9.42. The Kier molecular flexibility index (Phi) is 2.00. The Morgan fingerprint density at radius 2 is 1.85 bits per heavy atom. The molecule has 2 aromatic heterocycles. The first-order valence-electron chi connectivity index (χ1n) is 3.94. The normalized spacial score (nSPS) is 10.7. The average Bonchev–Trinajstić information content (AvgIpc) is 2.06. The Morgan fingerprint density at radius 3 is 2.62 bits per heavy atom. The maximum absolute atomic E-state index is 4.31. The van der Waals surface area contributed by atoms with E-state index in [-0.39, 0.29) is 0 Å². The van der Waals surface area contributed by atoms with E-state index in [4.69, 9.17) is 0 Å². The van der Waals surface area contributed by atoms with Gasteiger partial charge in [0.05, 0.1) is 11.2 Å². The van der Waals surface area contributed by atoms with Crippen LogP contribution in [0.15, 0.2) is 16.7 Å². The maximum Gasteiger partial charge on any atom is 0.126 e. The predicted molar refractivity (Wildman–Crippen MR) is 54.5 cm³/mol. The highest BCUT2D eigenvalue weighted by Gasteiger charge is 2.02. The van der Waals surface area contributed by atoms with Crippen molar-refractivity contribution in [3.63, 3.8) is 0 Å². The van der Waals surface area contributed by atoms with Crippen LogP contribution in [0.1, 0.15) is 11.5 Å². The van der Waals surface area contributed by atoms with E-state index in [1.807, 2.05) is 26.0 Å². The number of rotatable bonds is 0. The second-order valence-electron chi connectivity index (χ2n) is 2.86. The number of aryl methyl sites for hydroxylation is 2. The van der Waals surface area contributed by atoms with Crippen molar-refractivity contribution < 1.29 is 0 Å². The van der Waals surface area contributed by atoms with Crippen molar-refractivity contribution >= 4 is 27.0 Å². The standard InChI is InChI=1S/C9H8BrN3/c1-5-9-7(12-6(2)11-5)3-4-8(10)13-9/h3-4H,1-2H3. The molecule has 2 rings (SSSR count). The molecule has 0 amide bonds. The van der Waals surface area contributed by atoms with Gasteiger partial charge in [0.15, 0.2) is 0 Å². The van der Waals surface area contributed by atoms with Crippen molar-refractivity contribution in [1.29, 1.82) is 0 Å². The van der Waals surface area contributed by atoms with Gasteiger partial charge in [-0.2, -0.15) is 0 Å². The van der Waals surface area contributed by atoms with Gasteiger partial charge < -0.3 is 0 Å². The van der Waals surface area contributed by atoms with Crippen LogP contribution >= 0.6 is 15.9 Å². The van der Waals surface area contributed by atoms with E-state index in [0.717, 1.165) is 27.2 Å². The molecule has 2 aromatic rings. The molecule has 4 heteroatoms. The largest absolute Gasteiger partial charge is 0.237 e. The molecule has 0 unspecified atom stereocenters. The molecule has 3 nitrogen and oxygen atoms in total. The molecule has 0 aliphatic rings. The van der Waals surface area contributed by atoms with E-state index in [9.17, 15) is 0 Å². The van der Waals surface area contributed by atoms with Crippen molar-refractivity contribution in [2.24, 2.45) is 0 Å². The molecule has 0 aliphatic carbocycles. The lowest BCUT2D eigenvalue weighted by Crippen LogP contribution is -1.95. The van der Waals surface area contributed by atoms with Gasteiger partial charge in [-0.25, -0.2) is 15.0 Å². The van der Waals surface area contributed by atoms with Gasteiger partial charge in [0.2, 0.25) is 0 Å². The van der Waals surface area contributed by atoms with Crippen LogP contribution in [0.25, 0.3) is 11.0 Å². The number of hydrogen-bond donors (Lipinski definition) is 0. The lowest BCUT2D eigenvalue weighted by molar-refractivity contribution is 1.04. The van der Waals surface area contributed by atoms with Crippen LogP contribution in [-0.4, -0.2) is 15.0 Å². The number of nitrogens with zero attached hydrogens (tertiary/aromatic N) is 3. The molecule has 0 aliphatic heterocycles. The summed E-state index contributed by atoms with van der Waals surface area (Å²) in [5.74, 6) is 0.786. The van der Waals surface area contributed by atoms with Gasteiger partial charge in [-0.05, 0) is 41.9 Å². The monoisotopic (exact) mass is 237 g/mol. The minimum Gasteiger partial charge on any atom is -0.237 e. The quantitative estimate of drug-likeness (QED) is 0.661. The van der Waals surface area contributed by atoms with Crippen LogP contribution in [-0.2, 0) is 0 Å². The Balaban J connectivity index is 2.87. The summed E-state index contributed by atoms with van der Waals surface area (Å²) < 4.78 is 0.815. The van der Waals surface area contributed by atoms with Crippen LogP contribution in [0.3, 0.4) is 0 Å². The molecule has 13 heavy (non-hydrogen) atoms. The van der Waals surface area contributed by atoms with Crippen LogP contribution in [0, 0.1) is 13.8 Å². The molecule has 0 radical (unpaired) electrons. The van der Waals surface area contributed by atoms with Gasteiger partial charge in [0, 0.05) is 0 Å². The first kappa shape index (κ1) is 8.56. The molecule has 0 aromatic carbocycles. The van der Waals surface area contributed by atoms with E-state index >= 15 is 0 Å². The molecular weight excluding hydrogens is 230 g/mol. The predicted octanol–water partition coefficient (Wildman–Crippen LogP) is 2.40. The number of fused-ring (bicyclic) bond motifs is 1. The van der Waals surface area contributed by atoms with E-state index in [1.165, 1.54) is 0 Å². The van der Waals surface area contributed by atoms with Gasteiger partial charge >= 0.3 is 0 Å². The zero-order valence-electron chi connectivity index (χ0n) is 7.37. The highest BCUT2D eigenvalue weighted by Crippen LogP contribution is 2.15. The summed E-state index contributed by atoms with van der Waals surface area (Å²) in [5.41, 5.74) is 2.68. The van der Waals surface area contributed by atoms with Gasteiger partial charge in [-0.15, -0.1) is 0 Å². The number of aromatic nitrogens is 3. The molecular formula is C9H8BrN3. The molecule has 2 heterocycles. The number of halogens is 1. The SMILES string of the molecule is Cc1nc(C)c2nc(Br)ccc2n1. The van der Waals surface area contributed by atoms with E-state index in [2.05, 4.69) is 30.9 Å². The van der Waals surface area contributed by atoms with Crippen molar-refractivity contribution in [3.8, 4) is 0 Å². The van der Waals surface area contributed by atoms with Crippen molar-refractivity contribution in [2.45, 2.75) is 13.8 Å². The zero-order valence-corrected chi connectivity index (χ0v) is 8.96. The fourth-order valence-corrected chi connectivity index (χ4v) is 1.59. The lowest BCUT2D eigenvalue weighted by atomic mass is 10.3. The van der Waals surface area contributed by atoms with Crippen LogP contribution in [0.4, 0.5) is 0 Å². The van der Waals surface area contributed by atoms with E-state index in [0.29, 0.717) is 0 Å². The summed E-state index contributed by atoms with van der Waals surface area (Å²) in [4.78, 5) is 12.8. The highest BCUT2D eigenvalue weighted by molar-refractivity contribution is 9.10. The summed E-state index contributed by atoms with van der Waals surface area (Å²) in [5, 5.41) is 0. The second-order valence-corrected chi connectivity index (χ2v) is 3.67. The van der Waals surface area contributed by atoms with E-state index in [1.54, 1.807) is 0 Å². The van der Waals surface area contributed by atoms with Crippen LogP contribution in [0.2, 0.25) is 0 Å². The molecule has 0 saturated heterocycles. The van der Waals surface area contributed by atoms with Gasteiger partial charge in [-0.1, -0.05) is 0 Å². The summed E-state index contributed by atoms with van der Waals surface area (Å²) in [6.07, 6.45) is 0. The Morgan fingerprint density at radius 1 is 1.08 bits per heavy atom. The average molecular weight is 238 g/mol. The lowest BCUT2D eigenvalue weighted by Gasteiger charge is -2.01. The van der Waals surface area contributed by atoms with Crippen molar-refractivity contribution in [1.82, 2.24) is 15.0 Å². The number of pyridine rings is 1. The third kappa shape index (κ3) is 1.54. The molecule has 66 valence electrons. The van der Waals surface area contributed by atoms with Gasteiger partial charge in [0.25, 0.3) is 0 Å². The van der Waals surface area contributed by atoms with E-state index < -0.39 is 0 Å². The van der Waals surface area contributed by atoms with Gasteiger partial charge in [0.1, 0.15) is 15.9 Å². The third-order valence-electron chi connectivity index (χ3n) is 1.79. The van der Waals surface area contributed by atoms with Crippen LogP contribution in [0.5, 0.6) is 0 Å². The Labute approximate surface area is 84.4 Å².